The molecule has 0 aliphatic carbocycles. The number of nitrogens with one attached hydrogen (secondary N) is 2. The average molecular weight is 395 g/mol. The molecule has 0 amide bonds. The third kappa shape index (κ3) is 4.14. The van der Waals surface area contributed by atoms with Crippen LogP contribution in [0.3, 0.4) is 0 Å². The highest BCUT2D eigenvalue weighted by molar-refractivity contribution is 5.69. The number of aliphatic hydroxyl groups is 4. The summed E-state index contributed by atoms with van der Waals surface area (Å²) in [5.41, 5.74) is 1.57. The maximum atomic E-state index is 11.2. The fourth-order valence-corrected chi connectivity index (χ4v) is 4.22. The van der Waals surface area contributed by atoms with Gasteiger partial charge in [0, 0.05) is 22.9 Å². The molecule has 2 aliphatic heterocycles. The number of nitrogens with zero attached hydrogens (tertiary/aromatic N) is 1. The van der Waals surface area contributed by atoms with E-state index in [0.717, 1.165) is 6.42 Å². The summed E-state index contributed by atoms with van der Waals surface area (Å²) < 4.78 is 0. The molecule has 1 aromatic carbocycles. The van der Waals surface area contributed by atoms with Gasteiger partial charge in [0.05, 0.1) is 12.5 Å². The van der Waals surface area contributed by atoms with E-state index in [-0.39, 0.29) is 12.5 Å². The number of rotatable bonds is 7. The molecule has 0 saturated carbocycles. The smallest absolute Gasteiger partial charge is 0.305 e. The van der Waals surface area contributed by atoms with Crippen molar-refractivity contribution in [3.63, 3.8) is 0 Å². The van der Waals surface area contributed by atoms with Crippen molar-refractivity contribution in [2.24, 2.45) is 0 Å². The standard InChI is InChI=1S/C19H29N3O6/c1-2-4-10(9-15(24)25)20-12-6-3-5-11-16(12)19(28)22(18(11)27)13-7-8-14(23)21-17(13)26/h3,5-6,10,13-14,17-21,23,26-28H,2,4,7-9H2,1H3,(H,24,25). The molecule has 156 valence electrons. The Hall–Kier alpha value is -1.75. The third-order valence-electron chi connectivity index (χ3n) is 5.51. The lowest BCUT2D eigenvalue weighted by molar-refractivity contribution is -0.158. The summed E-state index contributed by atoms with van der Waals surface area (Å²) in [6, 6.07) is 4.31. The van der Waals surface area contributed by atoms with Crippen molar-refractivity contribution in [2.75, 3.05) is 5.32 Å². The van der Waals surface area contributed by atoms with Crippen molar-refractivity contribution >= 4 is 11.7 Å². The molecule has 1 fully saturated rings. The number of piperidine rings is 1. The van der Waals surface area contributed by atoms with Gasteiger partial charge < -0.3 is 30.8 Å². The fraction of sp³-hybridized carbons (Fsp3) is 0.632. The largest absolute Gasteiger partial charge is 0.481 e. The molecule has 2 heterocycles. The number of carboxylic acid groups (broad SMARTS) is 1. The van der Waals surface area contributed by atoms with Crippen LogP contribution in [-0.2, 0) is 4.79 Å². The summed E-state index contributed by atoms with van der Waals surface area (Å²) in [6.45, 7) is 1.97. The lowest BCUT2D eigenvalue weighted by Crippen LogP contribution is -2.57. The topological polar surface area (TPSA) is 146 Å². The van der Waals surface area contributed by atoms with Gasteiger partial charge in [-0.05, 0) is 25.3 Å². The molecule has 6 unspecified atom stereocenters. The second-order valence-corrected chi connectivity index (χ2v) is 7.50. The van der Waals surface area contributed by atoms with E-state index in [2.05, 4.69) is 10.6 Å². The first kappa shape index (κ1) is 21.0. The van der Waals surface area contributed by atoms with Crippen LogP contribution in [0.25, 0.3) is 0 Å². The van der Waals surface area contributed by atoms with Gasteiger partial charge in [-0.15, -0.1) is 0 Å². The van der Waals surface area contributed by atoms with E-state index in [1.165, 1.54) is 4.90 Å². The van der Waals surface area contributed by atoms with E-state index in [9.17, 15) is 25.2 Å². The summed E-state index contributed by atoms with van der Waals surface area (Å²) in [5, 5.41) is 56.7. The second-order valence-electron chi connectivity index (χ2n) is 7.50. The summed E-state index contributed by atoms with van der Waals surface area (Å²) >= 11 is 0. The summed E-state index contributed by atoms with van der Waals surface area (Å²) in [4.78, 5) is 12.6. The van der Waals surface area contributed by atoms with Crippen molar-refractivity contribution in [1.82, 2.24) is 10.2 Å². The first-order valence-corrected chi connectivity index (χ1v) is 9.70. The van der Waals surface area contributed by atoms with Gasteiger partial charge in [0.1, 0.15) is 24.9 Å². The van der Waals surface area contributed by atoms with Gasteiger partial charge in [-0.25, -0.2) is 4.90 Å². The number of aliphatic hydroxyl groups excluding tert-OH is 4. The molecule has 0 aromatic heterocycles. The van der Waals surface area contributed by atoms with Crippen LogP contribution in [0.5, 0.6) is 0 Å². The SMILES string of the molecule is CCCC(CC(=O)O)Nc1cccc2c1C(O)N(C1CCC(O)NC1O)C2O. The average Bonchev–Trinajstić information content (AvgIpc) is 2.87. The lowest BCUT2D eigenvalue weighted by Gasteiger charge is -2.40. The van der Waals surface area contributed by atoms with E-state index >= 15 is 0 Å². The third-order valence-corrected chi connectivity index (χ3v) is 5.51. The minimum Gasteiger partial charge on any atom is -0.481 e. The molecule has 0 radical (unpaired) electrons. The van der Waals surface area contributed by atoms with Gasteiger partial charge in [-0.2, -0.15) is 0 Å². The predicted molar refractivity (Wildman–Crippen MR) is 101 cm³/mol. The lowest BCUT2D eigenvalue weighted by atomic mass is 10.0. The Balaban J connectivity index is 1.86. The van der Waals surface area contributed by atoms with Crippen LogP contribution in [-0.4, -0.2) is 60.9 Å². The molecule has 1 saturated heterocycles. The van der Waals surface area contributed by atoms with Gasteiger partial charge in [-0.3, -0.25) is 10.1 Å². The molecule has 3 rings (SSSR count). The molecule has 9 heteroatoms. The van der Waals surface area contributed by atoms with Crippen LogP contribution in [0.15, 0.2) is 18.2 Å². The monoisotopic (exact) mass is 395 g/mol. The van der Waals surface area contributed by atoms with Crippen molar-refractivity contribution < 1.29 is 30.3 Å². The van der Waals surface area contributed by atoms with E-state index < -0.39 is 36.9 Å². The molecular weight excluding hydrogens is 366 g/mol. The zero-order valence-electron chi connectivity index (χ0n) is 15.8. The Morgan fingerprint density at radius 1 is 1.25 bits per heavy atom. The number of aliphatic carboxylic acids is 1. The number of fused-ring (bicyclic) bond motifs is 1. The van der Waals surface area contributed by atoms with Crippen molar-refractivity contribution in [3.8, 4) is 0 Å². The second kappa shape index (κ2) is 8.73. The first-order valence-electron chi connectivity index (χ1n) is 9.70. The number of hydrogen-bond acceptors (Lipinski definition) is 8. The van der Waals surface area contributed by atoms with Crippen LogP contribution >= 0.6 is 0 Å². The van der Waals surface area contributed by atoms with Crippen LogP contribution in [0.1, 0.15) is 62.6 Å². The zero-order valence-corrected chi connectivity index (χ0v) is 15.8. The number of carboxylic acids is 1. The molecular formula is C19H29N3O6. The molecule has 6 atom stereocenters. The summed E-state index contributed by atoms with van der Waals surface area (Å²) in [7, 11) is 0. The van der Waals surface area contributed by atoms with Crippen molar-refractivity contribution in [3.05, 3.63) is 29.3 Å². The number of benzene rings is 1. The maximum Gasteiger partial charge on any atom is 0.305 e. The Morgan fingerprint density at radius 3 is 2.64 bits per heavy atom. The fourth-order valence-electron chi connectivity index (χ4n) is 4.22. The number of anilines is 1. The van der Waals surface area contributed by atoms with E-state index in [1.807, 2.05) is 6.92 Å². The first-order chi connectivity index (χ1) is 13.3. The van der Waals surface area contributed by atoms with Crippen LogP contribution in [0, 0.1) is 0 Å². The molecule has 1 aromatic rings. The van der Waals surface area contributed by atoms with Crippen LogP contribution in [0.4, 0.5) is 5.69 Å². The maximum absolute atomic E-state index is 11.2. The molecule has 0 bridgehead atoms. The molecule has 28 heavy (non-hydrogen) atoms. The van der Waals surface area contributed by atoms with Gasteiger partial charge in [0.25, 0.3) is 0 Å². The zero-order chi connectivity index (χ0) is 20.4. The van der Waals surface area contributed by atoms with Gasteiger partial charge >= 0.3 is 5.97 Å². The summed E-state index contributed by atoms with van der Waals surface area (Å²) in [6.07, 6.45) is -2.02. The predicted octanol–water partition coefficient (Wildman–Crippen LogP) is 0.428. The quantitative estimate of drug-likeness (QED) is 0.349. The molecule has 0 spiro atoms. The van der Waals surface area contributed by atoms with E-state index in [1.54, 1.807) is 18.2 Å². The number of carbonyl (C=O) groups is 1. The summed E-state index contributed by atoms with van der Waals surface area (Å²) in [5.74, 6) is -0.907. The number of hydrogen-bond donors (Lipinski definition) is 7. The van der Waals surface area contributed by atoms with Gasteiger partial charge in [-0.1, -0.05) is 25.5 Å². The Labute approximate surface area is 163 Å². The highest BCUT2D eigenvalue weighted by atomic mass is 16.4. The molecule has 9 nitrogen and oxygen atoms in total. The van der Waals surface area contributed by atoms with E-state index in [4.69, 9.17) is 5.11 Å². The van der Waals surface area contributed by atoms with Crippen LogP contribution in [0.2, 0.25) is 0 Å². The normalized spacial score (nSPS) is 31.4. The van der Waals surface area contributed by atoms with Crippen molar-refractivity contribution in [1.29, 1.82) is 0 Å². The minimum absolute atomic E-state index is 0.0526. The minimum atomic E-state index is -1.17. The van der Waals surface area contributed by atoms with Gasteiger partial charge in [0.2, 0.25) is 0 Å². The van der Waals surface area contributed by atoms with Crippen LogP contribution < -0.4 is 10.6 Å². The highest BCUT2D eigenvalue weighted by Gasteiger charge is 2.45. The van der Waals surface area contributed by atoms with Gasteiger partial charge in [0.15, 0.2) is 0 Å². The Kier molecular flexibility index (Phi) is 6.54. The Bertz CT molecular complexity index is 702. The molecule has 2 aliphatic rings. The Morgan fingerprint density at radius 2 is 2.00 bits per heavy atom. The highest BCUT2D eigenvalue weighted by Crippen LogP contribution is 2.45. The van der Waals surface area contributed by atoms with E-state index in [0.29, 0.717) is 36.1 Å². The van der Waals surface area contributed by atoms with Crippen molar-refractivity contribution in [2.45, 2.75) is 76.0 Å². The molecule has 7 N–H and O–H groups in total.